The highest BCUT2D eigenvalue weighted by molar-refractivity contribution is 6.02. The number of amides is 1. The molecule has 0 radical (unpaired) electrons. The maximum Gasteiger partial charge on any atom is 0.319 e. The fourth-order valence-corrected chi connectivity index (χ4v) is 1.69. The normalized spacial score (nSPS) is 17.5. The van der Waals surface area contributed by atoms with E-state index in [1.54, 1.807) is 0 Å². The zero-order valence-corrected chi connectivity index (χ0v) is 9.12. The number of anilines is 1. The summed E-state index contributed by atoms with van der Waals surface area (Å²) in [5.74, 6) is -1.19. The van der Waals surface area contributed by atoms with Crippen LogP contribution in [0.5, 0.6) is 0 Å². The number of benzene rings is 1. The molecule has 0 saturated carbocycles. The molecule has 0 aromatic heterocycles. The largest absolute Gasteiger partial charge is 0.468 e. The van der Waals surface area contributed by atoms with Gasteiger partial charge in [0.2, 0.25) is 5.91 Å². The molecule has 5 nitrogen and oxygen atoms in total. The predicted molar refractivity (Wildman–Crippen MR) is 57.8 cm³/mol. The molecule has 1 atom stereocenters. The van der Waals surface area contributed by atoms with Crippen LogP contribution in [0.4, 0.5) is 10.1 Å². The number of halogens is 1. The summed E-state index contributed by atoms with van der Waals surface area (Å²) in [7, 11) is 1.27. The Labute approximate surface area is 97.0 Å². The van der Waals surface area contributed by atoms with Crippen molar-refractivity contribution in [2.24, 2.45) is 0 Å². The van der Waals surface area contributed by atoms with E-state index in [0.29, 0.717) is 11.3 Å². The zero-order valence-electron chi connectivity index (χ0n) is 9.12. The van der Waals surface area contributed by atoms with Crippen LogP contribution in [-0.2, 0) is 14.3 Å². The van der Waals surface area contributed by atoms with Crippen molar-refractivity contribution in [3.8, 4) is 0 Å². The van der Waals surface area contributed by atoms with Crippen molar-refractivity contribution < 1.29 is 18.7 Å². The van der Waals surface area contributed by atoms with Crippen LogP contribution in [-0.4, -0.2) is 25.5 Å². The number of methoxy groups -OCH3 is 1. The van der Waals surface area contributed by atoms with E-state index < -0.39 is 17.8 Å². The highest BCUT2D eigenvalue weighted by Gasteiger charge is 2.30. The second kappa shape index (κ2) is 4.50. The van der Waals surface area contributed by atoms with Gasteiger partial charge in [0.05, 0.1) is 13.7 Å². The number of fused-ring (bicyclic) bond motifs is 1. The van der Waals surface area contributed by atoms with Crippen molar-refractivity contribution in [1.29, 1.82) is 0 Å². The Balaban J connectivity index is 2.15. The first-order valence-electron chi connectivity index (χ1n) is 5.02. The molecule has 6 heteroatoms. The number of hydrogen-bond acceptors (Lipinski definition) is 4. The van der Waals surface area contributed by atoms with E-state index >= 15 is 0 Å². The smallest absolute Gasteiger partial charge is 0.319 e. The standard InChI is InChI=1S/C11H11FN2O3/c1-17-9(15)5-13-10-7-3-2-6(12)4-8(7)14-11(10)16/h2-4,10,13H,5H2,1H3,(H,14,16). The van der Waals surface area contributed by atoms with Gasteiger partial charge in [-0.05, 0) is 12.1 Å². The van der Waals surface area contributed by atoms with Crippen LogP contribution in [0.2, 0.25) is 0 Å². The summed E-state index contributed by atoms with van der Waals surface area (Å²) in [4.78, 5) is 22.6. The van der Waals surface area contributed by atoms with Gasteiger partial charge in [0, 0.05) is 11.3 Å². The molecule has 1 aromatic carbocycles. The lowest BCUT2D eigenvalue weighted by atomic mass is 10.1. The lowest BCUT2D eigenvalue weighted by Gasteiger charge is -2.09. The van der Waals surface area contributed by atoms with Crippen LogP contribution in [0, 0.1) is 5.82 Å². The number of rotatable bonds is 3. The summed E-state index contributed by atoms with van der Waals surface area (Å²) in [6.07, 6.45) is 0. The fraction of sp³-hybridized carbons (Fsp3) is 0.273. The SMILES string of the molecule is COC(=O)CNC1C(=O)Nc2cc(F)ccc21. The Morgan fingerprint density at radius 3 is 3.06 bits per heavy atom. The topological polar surface area (TPSA) is 67.4 Å². The van der Waals surface area contributed by atoms with Crippen LogP contribution >= 0.6 is 0 Å². The van der Waals surface area contributed by atoms with Crippen molar-refractivity contribution in [2.45, 2.75) is 6.04 Å². The molecule has 1 heterocycles. The van der Waals surface area contributed by atoms with Crippen molar-refractivity contribution in [1.82, 2.24) is 5.32 Å². The second-order valence-corrected chi connectivity index (χ2v) is 3.61. The molecule has 0 spiro atoms. The highest BCUT2D eigenvalue weighted by Crippen LogP contribution is 2.30. The van der Waals surface area contributed by atoms with E-state index in [1.165, 1.54) is 25.3 Å². The van der Waals surface area contributed by atoms with Gasteiger partial charge in [0.15, 0.2) is 0 Å². The molecule has 0 bridgehead atoms. The Kier molecular flexibility index (Phi) is 3.06. The molecule has 17 heavy (non-hydrogen) atoms. The third-order valence-corrected chi connectivity index (χ3v) is 2.52. The van der Waals surface area contributed by atoms with Crippen LogP contribution in [0.3, 0.4) is 0 Å². The van der Waals surface area contributed by atoms with Crippen molar-refractivity contribution in [3.63, 3.8) is 0 Å². The van der Waals surface area contributed by atoms with Crippen LogP contribution in [0.25, 0.3) is 0 Å². The van der Waals surface area contributed by atoms with Gasteiger partial charge in [-0.25, -0.2) is 4.39 Å². The van der Waals surface area contributed by atoms with E-state index in [1.807, 2.05) is 0 Å². The average molecular weight is 238 g/mol. The molecule has 0 aliphatic carbocycles. The molecule has 1 unspecified atom stereocenters. The first-order chi connectivity index (χ1) is 8.11. The third kappa shape index (κ3) is 2.26. The Bertz CT molecular complexity index is 476. The summed E-state index contributed by atoms with van der Waals surface area (Å²) < 4.78 is 17.4. The number of carbonyl (C=O) groups excluding carboxylic acids is 2. The lowest BCUT2D eigenvalue weighted by molar-refractivity contribution is -0.139. The van der Waals surface area contributed by atoms with Gasteiger partial charge in [-0.2, -0.15) is 0 Å². The number of nitrogens with one attached hydrogen (secondary N) is 2. The molecule has 1 aliphatic heterocycles. The summed E-state index contributed by atoms with van der Waals surface area (Å²) in [5, 5.41) is 5.29. The molecule has 90 valence electrons. The zero-order chi connectivity index (χ0) is 12.4. The van der Waals surface area contributed by atoms with Gasteiger partial charge in [-0.1, -0.05) is 6.07 Å². The summed E-state index contributed by atoms with van der Waals surface area (Å²) >= 11 is 0. The Morgan fingerprint density at radius 1 is 1.59 bits per heavy atom. The third-order valence-electron chi connectivity index (χ3n) is 2.52. The van der Waals surface area contributed by atoms with Crippen LogP contribution < -0.4 is 10.6 Å². The minimum atomic E-state index is -0.648. The maximum atomic E-state index is 12.9. The molecular formula is C11H11FN2O3. The molecule has 1 aliphatic rings. The monoisotopic (exact) mass is 238 g/mol. The predicted octanol–water partition coefficient (Wildman–Crippen LogP) is 0.581. The molecule has 0 saturated heterocycles. The molecule has 1 aromatic rings. The Hall–Kier alpha value is -1.95. The molecule has 1 amide bonds. The van der Waals surface area contributed by atoms with Crippen molar-refractivity contribution in [3.05, 3.63) is 29.6 Å². The quantitative estimate of drug-likeness (QED) is 0.756. The van der Waals surface area contributed by atoms with Gasteiger partial charge in [0.25, 0.3) is 0 Å². The van der Waals surface area contributed by atoms with Crippen LogP contribution in [0.1, 0.15) is 11.6 Å². The Morgan fingerprint density at radius 2 is 2.35 bits per heavy atom. The second-order valence-electron chi connectivity index (χ2n) is 3.61. The van der Waals surface area contributed by atoms with Gasteiger partial charge in [0.1, 0.15) is 11.9 Å². The fourth-order valence-electron chi connectivity index (χ4n) is 1.69. The minimum Gasteiger partial charge on any atom is -0.468 e. The van der Waals surface area contributed by atoms with Gasteiger partial charge in [-0.15, -0.1) is 0 Å². The molecule has 2 N–H and O–H groups in total. The van der Waals surface area contributed by atoms with Gasteiger partial charge >= 0.3 is 5.97 Å². The van der Waals surface area contributed by atoms with E-state index in [9.17, 15) is 14.0 Å². The molecular weight excluding hydrogens is 227 g/mol. The molecule has 0 fully saturated rings. The highest BCUT2D eigenvalue weighted by atomic mass is 19.1. The van der Waals surface area contributed by atoms with Gasteiger partial charge in [-0.3, -0.25) is 14.9 Å². The van der Waals surface area contributed by atoms with Crippen LogP contribution in [0.15, 0.2) is 18.2 Å². The van der Waals surface area contributed by atoms with E-state index in [0.717, 1.165) is 0 Å². The first-order valence-corrected chi connectivity index (χ1v) is 5.02. The summed E-state index contributed by atoms with van der Waals surface area (Å²) in [6.45, 7) is -0.0780. The lowest BCUT2D eigenvalue weighted by Crippen LogP contribution is -2.32. The summed E-state index contributed by atoms with van der Waals surface area (Å²) in [5.41, 5.74) is 1.05. The number of esters is 1. The van der Waals surface area contributed by atoms with Crippen molar-refractivity contribution >= 4 is 17.6 Å². The average Bonchev–Trinajstić information content (AvgIpc) is 2.61. The number of ether oxygens (including phenoxy) is 1. The minimum absolute atomic E-state index is 0.0780. The van der Waals surface area contributed by atoms with Crippen molar-refractivity contribution in [2.75, 3.05) is 19.0 Å². The number of hydrogen-bond donors (Lipinski definition) is 2. The van der Waals surface area contributed by atoms with E-state index in [2.05, 4.69) is 15.4 Å². The number of carbonyl (C=O) groups is 2. The molecule has 2 rings (SSSR count). The van der Waals surface area contributed by atoms with E-state index in [4.69, 9.17) is 0 Å². The maximum absolute atomic E-state index is 12.9. The first kappa shape index (κ1) is 11.5. The van der Waals surface area contributed by atoms with E-state index in [-0.39, 0.29) is 12.5 Å². The summed E-state index contributed by atoms with van der Waals surface area (Å²) in [6, 6.07) is 3.38. The van der Waals surface area contributed by atoms with Gasteiger partial charge < -0.3 is 10.1 Å².